The van der Waals surface area contributed by atoms with Gasteiger partial charge in [-0.1, -0.05) is 24.3 Å². The first kappa shape index (κ1) is 16.4. The summed E-state index contributed by atoms with van der Waals surface area (Å²) in [6, 6.07) is 14.1. The molecule has 0 aromatic heterocycles. The average Bonchev–Trinajstić information content (AvgIpc) is 2.45. The van der Waals surface area contributed by atoms with Crippen LogP contribution in [0.1, 0.15) is 19.4 Å². The molecule has 0 bridgehead atoms. The summed E-state index contributed by atoms with van der Waals surface area (Å²) in [6.45, 7) is 4.25. The Morgan fingerprint density at radius 3 is 2.45 bits per heavy atom. The average molecular weight is 320 g/mol. The minimum absolute atomic E-state index is 0.0784. The molecule has 0 aliphatic carbocycles. The third kappa shape index (κ3) is 4.49. The first-order chi connectivity index (χ1) is 10.4. The lowest BCUT2D eigenvalue weighted by Crippen LogP contribution is -2.08. The third-order valence-corrected chi connectivity index (χ3v) is 4.07. The van der Waals surface area contributed by atoms with Crippen molar-refractivity contribution in [3.63, 3.8) is 0 Å². The van der Waals surface area contributed by atoms with Gasteiger partial charge in [0.25, 0.3) is 0 Å². The van der Waals surface area contributed by atoms with Crippen LogP contribution in [0.15, 0.2) is 53.4 Å². The third-order valence-electron chi connectivity index (χ3n) is 2.96. The number of rotatable bonds is 6. The zero-order valence-corrected chi connectivity index (χ0v) is 13.8. The summed E-state index contributed by atoms with van der Waals surface area (Å²) in [7, 11) is -3.24. The number of ether oxygens (including phenoxy) is 2. The summed E-state index contributed by atoms with van der Waals surface area (Å²) < 4.78 is 34.6. The lowest BCUT2D eigenvalue weighted by atomic mass is 10.2. The summed E-state index contributed by atoms with van der Waals surface area (Å²) in [6.07, 6.45) is 1.26. The molecule has 2 rings (SSSR count). The fraction of sp³-hybridized carbons (Fsp3) is 0.294. The second-order valence-corrected chi connectivity index (χ2v) is 7.33. The van der Waals surface area contributed by atoms with Gasteiger partial charge in [0, 0.05) is 11.8 Å². The molecule has 0 spiro atoms. The smallest absolute Gasteiger partial charge is 0.175 e. The SMILES string of the molecule is CC(C)Oc1ccccc1COc1cccc(S(C)(=O)=O)c1. The van der Waals surface area contributed by atoms with Gasteiger partial charge in [0.15, 0.2) is 9.84 Å². The largest absolute Gasteiger partial charge is 0.491 e. The molecule has 118 valence electrons. The van der Waals surface area contributed by atoms with Crippen molar-refractivity contribution in [3.8, 4) is 11.5 Å². The molecule has 0 aliphatic rings. The number of sulfone groups is 1. The van der Waals surface area contributed by atoms with Crippen LogP contribution in [0.5, 0.6) is 11.5 Å². The number of para-hydroxylation sites is 1. The second kappa shape index (κ2) is 6.83. The quantitative estimate of drug-likeness (QED) is 0.818. The molecule has 2 aromatic carbocycles. The number of hydrogen-bond donors (Lipinski definition) is 0. The van der Waals surface area contributed by atoms with E-state index in [-0.39, 0.29) is 11.0 Å². The Bertz CT molecular complexity index is 736. The highest BCUT2D eigenvalue weighted by Gasteiger charge is 2.09. The Morgan fingerprint density at radius 1 is 1.05 bits per heavy atom. The van der Waals surface area contributed by atoms with Gasteiger partial charge in [-0.2, -0.15) is 0 Å². The monoisotopic (exact) mass is 320 g/mol. The minimum Gasteiger partial charge on any atom is -0.491 e. The molecule has 2 aromatic rings. The van der Waals surface area contributed by atoms with E-state index in [0.717, 1.165) is 11.3 Å². The predicted molar refractivity (Wildman–Crippen MR) is 86.1 cm³/mol. The van der Waals surface area contributed by atoms with Gasteiger partial charge in [-0.25, -0.2) is 8.42 Å². The maximum atomic E-state index is 11.6. The first-order valence-electron chi connectivity index (χ1n) is 7.04. The zero-order chi connectivity index (χ0) is 16.2. The second-order valence-electron chi connectivity index (χ2n) is 5.31. The van der Waals surface area contributed by atoms with Gasteiger partial charge in [0.05, 0.1) is 11.0 Å². The highest BCUT2D eigenvalue weighted by Crippen LogP contribution is 2.23. The van der Waals surface area contributed by atoms with Crippen LogP contribution in [0.4, 0.5) is 0 Å². The van der Waals surface area contributed by atoms with Gasteiger partial charge in [-0.3, -0.25) is 0 Å². The van der Waals surface area contributed by atoms with Crippen LogP contribution in [-0.2, 0) is 16.4 Å². The Kier molecular flexibility index (Phi) is 5.08. The Morgan fingerprint density at radius 2 is 1.77 bits per heavy atom. The van der Waals surface area contributed by atoms with E-state index in [9.17, 15) is 8.42 Å². The molecular formula is C17H20O4S. The summed E-state index contributed by atoms with van der Waals surface area (Å²) in [4.78, 5) is 0.247. The van der Waals surface area contributed by atoms with Crippen molar-refractivity contribution in [3.05, 3.63) is 54.1 Å². The molecule has 0 aliphatic heterocycles. The van der Waals surface area contributed by atoms with Crippen molar-refractivity contribution in [1.82, 2.24) is 0 Å². The molecule has 0 unspecified atom stereocenters. The number of benzene rings is 2. The fourth-order valence-electron chi connectivity index (χ4n) is 1.95. The highest BCUT2D eigenvalue weighted by atomic mass is 32.2. The van der Waals surface area contributed by atoms with E-state index in [4.69, 9.17) is 9.47 Å². The van der Waals surface area contributed by atoms with Gasteiger partial charge in [-0.05, 0) is 38.1 Å². The normalized spacial score (nSPS) is 11.5. The standard InChI is InChI=1S/C17H20O4S/c1-13(2)21-17-10-5-4-7-14(17)12-20-15-8-6-9-16(11-15)22(3,18)19/h4-11,13H,12H2,1-3H3. The van der Waals surface area contributed by atoms with E-state index < -0.39 is 9.84 Å². The molecule has 0 amide bonds. The minimum atomic E-state index is -3.24. The van der Waals surface area contributed by atoms with Gasteiger partial charge in [0.1, 0.15) is 18.1 Å². The molecule has 4 nitrogen and oxygen atoms in total. The molecule has 0 atom stereocenters. The van der Waals surface area contributed by atoms with Crippen LogP contribution in [0.3, 0.4) is 0 Å². The molecule has 0 heterocycles. The topological polar surface area (TPSA) is 52.6 Å². The molecule has 0 saturated heterocycles. The van der Waals surface area contributed by atoms with Crippen LogP contribution in [0.25, 0.3) is 0 Å². The first-order valence-corrected chi connectivity index (χ1v) is 8.93. The van der Waals surface area contributed by atoms with Crippen LogP contribution >= 0.6 is 0 Å². The molecule has 22 heavy (non-hydrogen) atoms. The van der Waals surface area contributed by atoms with E-state index in [0.29, 0.717) is 12.4 Å². The summed E-state index contributed by atoms with van der Waals surface area (Å²) in [5.41, 5.74) is 0.918. The molecule has 0 N–H and O–H groups in total. The van der Waals surface area contributed by atoms with Gasteiger partial charge in [0.2, 0.25) is 0 Å². The van der Waals surface area contributed by atoms with Gasteiger partial charge < -0.3 is 9.47 Å². The molecule has 0 radical (unpaired) electrons. The van der Waals surface area contributed by atoms with E-state index in [1.54, 1.807) is 18.2 Å². The van der Waals surface area contributed by atoms with Gasteiger partial charge in [-0.15, -0.1) is 0 Å². The van der Waals surface area contributed by atoms with Crippen LogP contribution in [0.2, 0.25) is 0 Å². The summed E-state index contributed by atoms with van der Waals surface area (Å²) in [5.74, 6) is 1.29. The summed E-state index contributed by atoms with van der Waals surface area (Å²) in [5, 5.41) is 0. The predicted octanol–water partition coefficient (Wildman–Crippen LogP) is 3.46. The lowest BCUT2D eigenvalue weighted by Gasteiger charge is -2.15. The zero-order valence-electron chi connectivity index (χ0n) is 12.9. The molecule has 5 heteroatoms. The van der Waals surface area contributed by atoms with Crippen molar-refractivity contribution in [2.24, 2.45) is 0 Å². The van der Waals surface area contributed by atoms with Crippen molar-refractivity contribution in [1.29, 1.82) is 0 Å². The summed E-state index contributed by atoms with van der Waals surface area (Å²) >= 11 is 0. The maximum Gasteiger partial charge on any atom is 0.175 e. The van der Waals surface area contributed by atoms with Crippen LogP contribution in [-0.4, -0.2) is 20.8 Å². The Hall–Kier alpha value is -2.01. The van der Waals surface area contributed by atoms with E-state index in [1.807, 2.05) is 38.1 Å². The van der Waals surface area contributed by atoms with Crippen molar-refractivity contribution < 1.29 is 17.9 Å². The molecule has 0 fully saturated rings. The molecular weight excluding hydrogens is 300 g/mol. The molecule has 0 saturated carbocycles. The van der Waals surface area contributed by atoms with Crippen molar-refractivity contribution in [2.45, 2.75) is 31.5 Å². The van der Waals surface area contributed by atoms with Crippen LogP contribution < -0.4 is 9.47 Å². The van der Waals surface area contributed by atoms with Gasteiger partial charge >= 0.3 is 0 Å². The van der Waals surface area contributed by atoms with E-state index >= 15 is 0 Å². The van der Waals surface area contributed by atoms with E-state index in [2.05, 4.69) is 0 Å². The van der Waals surface area contributed by atoms with E-state index in [1.165, 1.54) is 12.3 Å². The Labute approximate surface area is 131 Å². The van der Waals surface area contributed by atoms with Crippen molar-refractivity contribution >= 4 is 9.84 Å². The Balaban J connectivity index is 2.14. The van der Waals surface area contributed by atoms with Crippen LogP contribution in [0, 0.1) is 0 Å². The lowest BCUT2D eigenvalue weighted by molar-refractivity contribution is 0.230. The highest BCUT2D eigenvalue weighted by molar-refractivity contribution is 7.90. The fourth-order valence-corrected chi connectivity index (χ4v) is 2.60. The number of hydrogen-bond acceptors (Lipinski definition) is 4. The maximum absolute atomic E-state index is 11.6. The van der Waals surface area contributed by atoms with Crippen molar-refractivity contribution in [2.75, 3.05) is 6.26 Å².